The zero-order valence-corrected chi connectivity index (χ0v) is 7.02. The maximum atomic E-state index is 5.59. The molecule has 0 fully saturated rings. The van der Waals surface area contributed by atoms with Crippen LogP contribution in [0.5, 0.6) is 0 Å². The van der Waals surface area contributed by atoms with Gasteiger partial charge in [-0.05, 0) is 0 Å². The molecule has 0 spiro atoms. The van der Waals surface area contributed by atoms with E-state index in [1.165, 1.54) is 12.8 Å². The maximum absolute atomic E-state index is 5.59. The summed E-state index contributed by atoms with van der Waals surface area (Å²) in [6.45, 7) is 0. The van der Waals surface area contributed by atoms with Crippen molar-refractivity contribution in [1.82, 2.24) is 0 Å². The molecular weight excluding hydrogens is 177 g/mol. The first-order chi connectivity index (χ1) is 2.89. The Labute approximate surface area is 48.8 Å². The molecule has 0 radical (unpaired) electrons. The average molecular weight is 185 g/mol. The van der Waals surface area contributed by atoms with E-state index in [0.717, 1.165) is 0 Å². The molecule has 1 heterocycles. The van der Waals surface area contributed by atoms with Crippen LogP contribution in [0.25, 0.3) is 0 Å². The van der Waals surface area contributed by atoms with E-state index < -0.39 is 0 Å². The Morgan fingerprint density at radius 2 is 2.67 bits per heavy atom. The normalized spacial score (nSPS) is 30.5. The zero-order valence-electron chi connectivity index (χ0n) is 3.72. The van der Waals surface area contributed by atoms with Crippen molar-refractivity contribution in [3.63, 3.8) is 0 Å². The summed E-state index contributed by atoms with van der Waals surface area (Å²) in [5.41, 5.74) is 5.59. The van der Waals surface area contributed by atoms with Gasteiger partial charge in [0.25, 0.3) is 0 Å². The Morgan fingerprint density at radius 1 is 1.83 bits per heavy atom. The van der Waals surface area contributed by atoms with Gasteiger partial charge in [-0.3, -0.25) is 0 Å². The zero-order chi connectivity index (χ0) is 4.41. The van der Waals surface area contributed by atoms with E-state index in [1.807, 2.05) is 0 Å². The van der Waals surface area contributed by atoms with Crippen LogP contribution in [0, 0.1) is 0 Å². The summed E-state index contributed by atoms with van der Waals surface area (Å²) in [5, 5.41) is 0. The molecule has 1 aliphatic heterocycles. The van der Waals surface area contributed by atoms with E-state index in [0.29, 0.717) is 3.80 Å². The average Bonchev–Trinajstić information content (AvgIpc) is 1.86. The summed E-state index contributed by atoms with van der Waals surface area (Å²) in [7, 11) is 0. The first-order valence-electron chi connectivity index (χ1n) is 2.32. The third-order valence-electron chi connectivity index (χ3n) is 1.05. The number of hydrogen-bond acceptors (Lipinski definition) is 1. The van der Waals surface area contributed by atoms with Crippen LogP contribution in [0.15, 0.2) is 0 Å². The number of hydrogen-bond donors (Lipinski definition) is 1. The second-order valence-electron chi connectivity index (χ2n) is 1.67. The molecule has 0 aliphatic carbocycles. The summed E-state index contributed by atoms with van der Waals surface area (Å²) >= 11 is -0.254. The molecule has 1 rings (SSSR count). The topological polar surface area (TPSA) is 26.0 Å². The molecule has 1 unspecified atom stereocenters. The van der Waals surface area contributed by atoms with E-state index >= 15 is 0 Å². The third-order valence-corrected chi connectivity index (χ3v) is 5.14. The molecule has 0 aromatic heterocycles. The van der Waals surface area contributed by atoms with Gasteiger partial charge in [0, 0.05) is 0 Å². The standard InChI is InChI=1S/C4H8N.In/c1-2-3-4-5;/h1,4H,2-3,5H2;. The molecule has 0 aromatic carbocycles. The molecule has 2 N–H and O–H groups in total. The second-order valence-corrected chi connectivity index (χ2v) is 6.56. The van der Waals surface area contributed by atoms with E-state index in [1.54, 1.807) is 0 Å². The van der Waals surface area contributed by atoms with Crippen molar-refractivity contribution in [1.29, 1.82) is 0 Å². The van der Waals surface area contributed by atoms with E-state index in [9.17, 15) is 0 Å². The van der Waals surface area contributed by atoms with Gasteiger partial charge in [-0.25, -0.2) is 0 Å². The minimum absolute atomic E-state index is 0.254. The molecule has 0 bridgehead atoms. The van der Waals surface area contributed by atoms with Crippen molar-refractivity contribution in [2.75, 3.05) is 0 Å². The van der Waals surface area contributed by atoms with Crippen LogP contribution in [0.4, 0.5) is 0 Å². The first-order valence-corrected chi connectivity index (χ1v) is 6.12. The fourth-order valence-corrected chi connectivity index (χ4v) is 3.85. The Morgan fingerprint density at radius 3 is 2.83 bits per heavy atom. The predicted molar refractivity (Wildman–Crippen MR) is 29.0 cm³/mol. The molecule has 1 aliphatic rings. The van der Waals surface area contributed by atoms with Crippen LogP contribution in [0.2, 0.25) is 0 Å². The van der Waals surface area contributed by atoms with Gasteiger partial charge in [0.15, 0.2) is 0 Å². The summed E-state index contributed by atoms with van der Waals surface area (Å²) in [6.07, 6.45) is 2.61. The van der Waals surface area contributed by atoms with Crippen molar-refractivity contribution >= 4 is 26.2 Å². The van der Waals surface area contributed by atoms with Crippen molar-refractivity contribution in [2.45, 2.75) is 16.6 Å². The Bertz CT molecular complexity index is 69.9. The van der Waals surface area contributed by atoms with Gasteiger partial charge in [-0.2, -0.15) is 0 Å². The van der Waals surface area contributed by atoms with Crippen molar-refractivity contribution < 1.29 is 0 Å². The summed E-state index contributed by atoms with van der Waals surface area (Å²) < 4.78 is 3.13. The molecule has 0 amide bonds. The van der Waals surface area contributed by atoms with Gasteiger partial charge < -0.3 is 0 Å². The fourth-order valence-electron chi connectivity index (χ4n) is 0.656. The van der Waals surface area contributed by atoms with Crippen LogP contribution < -0.4 is 5.73 Å². The predicted octanol–water partition coefficient (Wildman–Crippen LogP) is -0.429. The molecule has 32 valence electrons. The Kier molecular flexibility index (Phi) is 1.72. The van der Waals surface area contributed by atoms with Crippen LogP contribution in [0.1, 0.15) is 12.8 Å². The van der Waals surface area contributed by atoms with Gasteiger partial charge in [0.05, 0.1) is 0 Å². The Hall–Kier alpha value is 0.700. The van der Waals surface area contributed by atoms with Crippen molar-refractivity contribution in [2.24, 2.45) is 5.73 Å². The molecular formula is C4H8InN. The molecule has 6 heavy (non-hydrogen) atoms. The number of nitrogens with two attached hydrogens (primary N) is 1. The SMILES string of the molecule is N[CH]1CC[CH]=[In]1. The molecule has 0 aromatic rings. The van der Waals surface area contributed by atoms with Crippen LogP contribution >= 0.6 is 0 Å². The molecule has 1 atom stereocenters. The molecule has 0 saturated carbocycles. The van der Waals surface area contributed by atoms with Crippen molar-refractivity contribution in [3.05, 3.63) is 0 Å². The second kappa shape index (κ2) is 2.12. The Balaban J connectivity index is 2.38. The first kappa shape index (κ1) is 4.85. The van der Waals surface area contributed by atoms with Crippen molar-refractivity contribution in [3.8, 4) is 0 Å². The van der Waals surface area contributed by atoms with Gasteiger partial charge >= 0.3 is 48.6 Å². The molecule has 2 heteroatoms. The van der Waals surface area contributed by atoms with Gasteiger partial charge in [0.2, 0.25) is 0 Å². The third kappa shape index (κ3) is 1.09. The van der Waals surface area contributed by atoms with Crippen LogP contribution in [0.3, 0.4) is 0 Å². The summed E-state index contributed by atoms with van der Waals surface area (Å²) in [5.74, 6) is 0. The fraction of sp³-hybridized carbons (Fsp3) is 0.750. The minimum atomic E-state index is -0.254. The van der Waals surface area contributed by atoms with Gasteiger partial charge in [-0.1, -0.05) is 0 Å². The van der Waals surface area contributed by atoms with Crippen LogP contribution in [-0.2, 0) is 0 Å². The quantitative estimate of drug-likeness (QED) is 0.544. The summed E-state index contributed by atoms with van der Waals surface area (Å²) in [4.78, 5) is 0. The van der Waals surface area contributed by atoms with Gasteiger partial charge in [-0.15, -0.1) is 0 Å². The molecule has 1 nitrogen and oxygen atoms in total. The monoisotopic (exact) mass is 185 g/mol. The van der Waals surface area contributed by atoms with Gasteiger partial charge in [0.1, 0.15) is 0 Å². The molecule has 0 saturated heterocycles. The van der Waals surface area contributed by atoms with E-state index in [2.05, 4.69) is 3.76 Å². The van der Waals surface area contributed by atoms with Crippen LogP contribution in [-0.4, -0.2) is 30.0 Å². The van der Waals surface area contributed by atoms with E-state index in [4.69, 9.17) is 5.73 Å². The summed E-state index contributed by atoms with van der Waals surface area (Å²) in [6, 6.07) is 0. The number of rotatable bonds is 0. The van der Waals surface area contributed by atoms with E-state index in [-0.39, 0.29) is 22.4 Å².